The molecule has 3 rings (SSSR count). The summed E-state index contributed by atoms with van der Waals surface area (Å²) in [5.41, 5.74) is 3.79. The zero-order chi connectivity index (χ0) is 14.7. The van der Waals surface area contributed by atoms with Crippen molar-refractivity contribution in [2.24, 2.45) is 0 Å². The van der Waals surface area contributed by atoms with Crippen molar-refractivity contribution >= 4 is 11.2 Å². The summed E-state index contributed by atoms with van der Waals surface area (Å²) in [6, 6.07) is 8.09. The van der Waals surface area contributed by atoms with E-state index in [1.54, 1.807) is 12.4 Å². The van der Waals surface area contributed by atoms with Gasteiger partial charge in [0, 0.05) is 37.1 Å². The molecular weight excluding hydrogens is 262 g/mol. The van der Waals surface area contributed by atoms with Gasteiger partial charge in [0.2, 0.25) is 0 Å². The number of unbranched alkanes of at least 4 members (excludes halogenated alkanes) is 1. The fourth-order valence-corrected chi connectivity index (χ4v) is 2.36. The highest BCUT2D eigenvalue weighted by molar-refractivity contribution is 5.77. The maximum absolute atomic E-state index is 8.73. The number of hydrogen-bond acceptors (Lipinski definition) is 4. The minimum Gasteiger partial charge on any atom is -0.309 e. The van der Waals surface area contributed by atoms with Gasteiger partial charge in [-0.25, -0.2) is 9.97 Å². The first-order valence-electron chi connectivity index (χ1n) is 6.90. The van der Waals surface area contributed by atoms with Crippen LogP contribution in [0.25, 0.3) is 22.6 Å². The second kappa shape index (κ2) is 5.71. The van der Waals surface area contributed by atoms with E-state index in [1.165, 1.54) is 0 Å². The third-order valence-electron chi connectivity index (χ3n) is 3.31. The van der Waals surface area contributed by atoms with Crippen molar-refractivity contribution in [3.63, 3.8) is 0 Å². The fraction of sp³-hybridized carbons (Fsp3) is 0.250. The molecule has 0 aromatic carbocycles. The Morgan fingerprint density at radius 3 is 3.00 bits per heavy atom. The Hall–Kier alpha value is -2.74. The van der Waals surface area contributed by atoms with E-state index >= 15 is 0 Å². The molecule has 0 atom stereocenters. The molecule has 3 heterocycles. The predicted octanol–water partition coefficient (Wildman–Crippen LogP) is 3.11. The molecule has 0 amide bonds. The second-order valence-corrected chi connectivity index (χ2v) is 4.95. The van der Waals surface area contributed by atoms with E-state index < -0.39 is 0 Å². The highest BCUT2D eigenvalue weighted by Gasteiger charge is 2.13. The van der Waals surface area contributed by atoms with Crippen molar-refractivity contribution in [2.75, 3.05) is 0 Å². The van der Waals surface area contributed by atoms with Crippen molar-refractivity contribution < 1.29 is 0 Å². The highest BCUT2D eigenvalue weighted by atomic mass is 15.1. The zero-order valence-electron chi connectivity index (χ0n) is 11.8. The van der Waals surface area contributed by atoms with Crippen LogP contribution in [-0.2, 0) is 6.54 Å². The van der Waals surface area contributed by atoms with Crippen LogP contribution in [0.3, 0.4) is 0 Å². The summed E-state index contributed by atoms with van der Waals surface area (Å²) in [5.74, 6) is 0.856. The number of rotatable bonds is 4. The standard InChI is InChI=1S/C16H15N5/c1-12-9-14-16(19-10-12)21(8-3-2-6-17)15(20-14)13-5-4-7-18-11-13/h4-5,7,9-11H,2-3,8H2,1H3. The van der Waals surface area contributed by atoms with E-state index in [9.17, 15) is 0 Å². The van der Waals surface area contributed by atoms with Crippen LogP contribution in [0, 0.1) is 18.3 Å². The normalized spacial score (nSPS) is 10.7. The van der Waals surface area contributed by atoms with Crippen LogP contribution in [0.4, 0.5) is 0 Å². The Bertz CT molecular complexity index is 799. The third kappa shape index (κ3) is 2.61. The summed E-state index contributed by atoms with van der Waals surface area (Å²) in [6.07, 6.45) is 6.70. The average molecular weight is 277 g/mol. The van der Waals surface area contributed by atoms with Crippen LogP contribution in [0.5, 0.6) is 0 Å². The van der Waals surface area contributed by atoms with Gasteiger partial charge in [-0.2, -0.15) is 5.26 Å². The molecule has 0 radical (unpaired) electrons. The monoisotopic (exact) mass is 277 g/mol. The third-order valence-corrected chi connectivity index (χ3v) is 3.31. The van der Waals surface area contributed by atoms with Gasteiger partial charge in [0.05, 0.1) is 6.07 Å². The van der Waals surface area contributed by atoms with Crippen LogP contribution in [0.2, 0.25) is 0 Å². The molecule has 0 aliphatic rings. The molecule has 5 nitrogen and oxygen atoms in total. The molecule has 0 aliphatic heterocycles. The largest absolute Gasteiger partial charge is 0.309 e. The van der Waals surface area contributed by atoms with Gasteiger partial charge in [-0.05, 0) is 37.1 Å². The van der Waals surface area contributed by atoms with Crippen molar-refractivity contribution in [1.82, 2.24) is 19.5 Å². The minimum absolute atomic E-state index is 0.526. The van der Waals surface area contributed by atoms with Gasteiger partial charge in [0.15, 0.2) is 5.65 Å². The number of nitrogens with zero attached hydrogens (tertiary/aromatic N) is 5. The first-order chi connectivity index (χ1) is 10.3. The lowest BCUT2D eigenvalue weighted by atomic mass is 10.2. The number of hydrogen-bond donors (Lipinski definition) is 0. The summed E-state index contributed by atoms with van der Waals surface area (Å²) in [6.45, 7) is 2.73. The highest BCUT2D eigenvalue weighted by Crippen LogP contribution is 2.24. The lowest BCUT2D eigenvalue weighted by molar-refractivity contribution is 0.670. The van der Waals surface area contributed by atoms with Crippen molar-refractivity contribution in [2.45, 2.75) is 26.3 Å². The quantitative estimate of drug-likeness (QED) is 0.687. The van der Waals surface area contributed by atoms with Gasteiger partial charge < -0.3 is 4.57 Å². The molecule has 0 saturated carbocycles. The molecule has 3 aromatic rings. The van der Waals surface area contributed by atoms with Gasteiger partial charge in [-0.15, -0.1) is 0 Å². The molecule has 5 heteroatoms. The number of aromatic nitrogens is 4. The molecule has 0 saturated heterocycles. The molecule has 0 unspecified atom stereocenters. The van der Waals surface area contributed by atoms with Crippen molar-refractivity contribution in [3.05, 3.63) is 42.4 Å². The number of nitriles is 1. The first-order valence-corrected chi connectivity index (χ1v) is 6.90. The van der Waals surface area contributed by atoms with E-state index in [2.05, 4.69) is 20.6 Å². The van der Waals surface area contributed by atoms with Gasteiger partial charge >= 0.3 is 0 Å². The first kappa shape index (κ1) is 13.3. The Kier molecular flexibility index (Phi) is 3.61. The maximum atomic E-state index is 8.73. The lowest BCUT2D eigenvalue weighted by Gasteiger charge is -2.07. The van der Waals surface area contributed by atoms with Crippen molar-refractivity contribution in [3.8, 4) is 17.5 Å². The molecule has 0 aliphatic carbocycles. The molecule has 0 bridgehead atoms. The van der Waals surface area contributed by atoms with Gasteiger partial charge in [-0.3, -0.25) is 4.98 Å². The lowest BCUT2D eigenvalue weighted by Crippen LogP contribution is -2.02. The molecule has 0 N–H and O–H groups in total. The van der Waals surface area contributed by atoms with E-state index in [1.807, 2.05) is 31.3 Å². The Morgan fingerprint density at radius 2 is 2.24 bits per heavy atom. The summed E-state index contributed by atoms with van der Waals surface area (Å²) in [5, 5.41) is 8.73. The summed E-state index contributed by atoms with van der Waals surface area (Å²) in [7, 11) is 0. The van der Waals surface area contributed by atoms with Crippen LogP contribution < -0.4 is 0 Å². The van der Waals surface area contributed by atoms with Gasteiger partial charge in [0.1, 0.15) is 11.3 Å². The maximum Gasteiger partial charge on any atom is 0.160 e. The van der Waals surface area contributed by atoms with Crippen LogP contribution in [0.1, 0.15) is 18.4 Å². The zero-order valence-corrected chi connectivity index (χ0v) is 11.8. The van der Waals surface area contributed by atoms with Crippen molar-refractivity contribution in [1.29, 1.82) is 5.26 Å². The molecule has 104 valence electrons. The topological polar surface area (TPSA) is 67.4 Å². The van der Waals surface area contributed by atoms with Crippen LogP contribution >= 0.6 is 0 Å². The number of pyridine rings is 2. The van der Waals surface area contributed by atoms with Gasteiger partial charge in [0.25, 0.3) is 0 Å². The molecular formula is C16H15N5. The van der Waals surface area contributed by atoms with Gasteiger partial charge in [-0.1, -0.05) is 0 Å². The molecule has 21 heavy (non-hydrogen) atoms. The van der Waals surface area contributed by atoms with Crippen LogP contribution in [0.15, 0.2) is 36.8 Å². The molecule has 0 fully saturated rings. The predicted molar refractivity (Wildman–Crippen MR) is 80.3 cm³/mol. The van der Waals surface area contributed by atoms with E-state index in [0.717, 1.165) is 41.1 Å². The Labute approximate surface area is 122 Å². The molecule has 3 aromatic heterocycles. The minimum atomic E-state index is 0.526. The number of aryl methyl sites for hydroxylation is 2. The molecule has 0 spiro atoms. The summed E-state index contributed by atoms with van der Waals surface area (Å²) < 4.78 is 2.07. The van der Waals surface area contributed by atoms with E-state index in [4.69, 9.17) is 10.2 Å². The van der Waals surface area contributed by atoms with E-state index in [0.29, 0.717) is 6.42 Å². The fourth-order valence-electron chi connectivity index (χ4n) is 2.36. The van der Waals surface area contributed by atoms with Crippen LogP contribution in [-0.4, -0.2) is 19.5 Å². The van der Waals surface area contributed by atoms with E-state index in [-0.39, 0.29) is 0 Å². The number of fused-ring (bicyclic) bond motifs is 1. The SMILES string of the molecule is Cc1cnc2c(c1)nc(-c1cccnc1)n2CCCC#N. The average Bonchev–Trinajstić information content (AvgIpc) is 2.86. The second-order valence-electron chi connectivity index (χ2n) is 4.95. The Balaban J connectivity index is 2.13. The summed E-state index contributed by atoms with van der Waals surface area (Å²) >= 11 is 0. The Morgan fingerprint density at radius 1 is 1.33 bits per heavy atom. The number of imidazole rings is 1. The summed E-state index contributed by atoms with van der Waals surface area (Å²) in [4.78, 5) is 13.4. The smallest absolute Gasteiger partial charge is 0.160 e.